The maximum atomic E-state index is 14.7. The van der Waals surface area contributed by atoms with E-state index in [9.17, 15) is 4.39 Å². The fourth-order valence-corrected chi connectivity index (χ4v) is 4.14. The third-order valence-corrected chi connectivity index (χ3v) is 5.65. The van der Waals surface area contributed by atoms with Crippen LogP contribution >= 0.6 is 11.3 Å². The molecule has 5 aromatic rings. The van der Waals surface area contributed by atoms with Crippen LogP contribution in [0.1, 0.15) is 5.56 Å². The van der Waals surface area contributed by atoms with Crippen LogP contribution in [0.2, 0.25) is 0 Å². The highest BCUT2D eigenvalue weighted by atomic mass is 32.1. The molecule has 3 aromatic heterocycles. The van der Waals surface area contributed by atoms with E-state index in [0.717, 1.165) is 32.5 Å². The number of pyridine rings is 1. The maximum Gasteiger partial charge on any atom is 0.134 e. The quantitative estimate of drug-likeness (QED) is 0.412. The molecule has 3 heterocycles. The van der Waals surface area contributed by atoms with Gasteiger partial charge in [-0.3, -0.25) is 9.55 Å². The normalized spacial score (nSPS) is 11.1. The van der Waals surface area contributed by atoms with Crippen molar-refractivity contribution >= 4 is 33.3 Å². The van der Waals surface area contributed by atoms with Crippen LogP contribution in [-0.4, -0.2) is 14.5 Å². The van der Waals surface area contributed by atoms with Gasteiger partial charge in [0, 0.05) is 27.6 Å². The molecule has 0 spiro atoms. The van der Waals surface area contributed by atoms with Crippen LogP contribution in [0.3, 0.4) is 0 Å². The molecular formula is C22H13FN4S. The van der Waals surface area contributed by atoms with Gasteiger partial charge in [-0.2, -0.15) is 5.26 Å². The number of benzene rings is 2. The van der Waals surface area contributed by atoms with Crippen molar-refractivity contribution in [3.05, 3.63) is 77.8 Å². The Kier molecular flexibility index (Phi) is 3.89. The van der Waals surface area contributed by atoms with Crippen molar-refractivity contribution in [2.24, 2.45) is 0 Å². The summed E-state index contributed by atoms with van der Waals surface area (Å²) in [5.74, 6) is -0.284. The van der Waals surface area contributed by atoms with E-state index in [2.05, 4.69) is 16.0 Å². The largest absolute Gasteiger partial charge is 0.298 e. The van der Waals surface area contributed by atoms with Gasteiger partial charge < -0.3 is 0 Å². The number of thiophene rings is 1. The van der Waals surface area contributed by atoms with E-state index in [-0.39, 0.29) is 5.82 Å². The van der Waals surface area contributed by atoms with Crippen LogP contribution in [0.25, 0.3) is 38.1 Å². The first kappa shape index (κ1) is 16.6. The molecule has 0 N–H and O–H groups in total. The zero-order valence-electron chi connectivity index (χ0n) is 14.6. The number of rotatable bonds is 3. The average Bonchev–Trinajstić information content (AvgIpc) is 3.38. The molecular weight excluding hydrogens is 371 g/mol. The highest BCUT2D eigenvalue weighted by Gasteiger charge is 2.14. The second-order valence-corrected chi connectivity index (χ2v) is 7.38. The summed E-state index contributed by atoms with van der Waals surface area (Å²) >= 11 is 1.50. The molecule has 0 saturated heterocycles. The van der Waals surface area contributed by atoms with E-state index in [1.165, 1.54) is 17.4 Å². The fourth-order valence-electron chi connectivity index (χ4n) is 3.40. The molecule has 0 aliphatic heterocycles. The Bertz CT molecular complexity index is 1350. The number of nitriles is 1. The van der Waals surface area contributed by atoms with E-state index in [0.29, 0.717) is 17.5 Å². The SMILES string of the molecule is N#CCc1ccc(-n2cnc3cnc4cc(F)c(-c5cccs5)cc4c32)cc1. The van der Waals surface area contributed by atoms with Crippen molar-refractivity contribution in [2.45, 2.75) is 6.42 Å². The Morgan fingerprint density at radius 3 is 2.68 bits per heavy atom. The van der Waals surface area contributed by atoms with Crippen molar-refractivity contribution in [3.8, 4) is 22.2 Å². The molecule has 5 rings (SSSR count). The van der Waals surface area contributed by atoms with Crippen molar-refractivity contribution in [3.63, 3.8) is 0 Å². The number of hydrogen-bond donors (Lipinski definition) is 0. The molecule has 4 nitrogen and oxygen atoms in total. The molecule has 28 heavy (non-hydrogen) atoms. The van der Waals surface area contributed by atoms with Crippen LogP contribution in [0, 0.1) is 17.1 Å². The van der Waals surface area contributed by atoms with Gasteiger partial charge in [-0.05, 0) is 35.2 Å². The highest BCUT2D eigenvalue weighted by molar-refractivity contribution is 7.13. The number of hydrogen-bond acceptors (Lipinski definition) is 4. The number of halogens is 1. The van der Waals surface area contributed by atoms with Gasteiger partial charge in [0.25, 0.3) is 0 Å². The smallest absolute Gasteiger partial charge is 0.134 e. The number of aromatic nitrogens is 3. The summed E-state index contributed by atoms with van der Waals surface area (Å²) in [7, 11) is 0. The Hall–Kier alpha value is -3.56. The minimum atomic E-state index is -0.284. The first-order valence-electron chi connectivity index (χ1n) is 8.70. The van der Waals surface area contributed by atoms with Crippen LogP contribution in [0.15, 0.2) is 66.4 Å². The molecule has 6 heteroatoms. The highest BCUT2D eigenvalue weighted by Crippen LogP contribution is 2.33. The summed E-state index contributed by atoms with van der Waals surface area (Å²) < 4.78 is 16.6. The van der Waals surface area contributed by atoms with E-state index in [1.807, 2.05) is 52.4 Å². The molecule has 0 aliphatic rings. The van der Waals surface area contributed by atoms with Gasteiger partial charge in [0.1, 0.15) is 17.7 Å². The van der Waals surface area contributed by atoms with Gasteiger partial charge in [-0.15, -0.1) is 11.3 Å². The topological polar surface area (TPSA) is 54.5 Å². The summed E-state index contributed by atoms with van der Waals surface area (Å²) in [5.41, 5.74) is 4.68. The van der Waals surface area contributed by atoms with Crippen LogP contribution in [0.4, 0.5) is 4.39 Å². The predicted molar refractivity (Wildman–Crippen MR) is 109 cm³/mol. The number of fused-ring (bicyclic) bond motifs is 3. The average molecular weight is 384 g/mol. The fraction of sp³-hybridized carbons (Fsp3) is 0.0455. The molecule has 0 bridgehead atoms. The Morgan fingerprint density at radius 1 is 1.07 bits per heavy atom. The molecule has 0 amide bonds. The molecule has 0 unspecified atom stereocenters. The summed E-state index contributed by atoms with van der Waals surface area (Å²) in [6.07, 6.45) is 3.79. The summed E-state index contributed by atoms with van der Waals surface area (Å²) in [6, 6.07) is 17.1. The maximum absolute atomic E-state index is 14.7. The third-order valence-electron chi connectivity index (χ3n) is 4.75. The zero-order valence-corrected chi connectivity index (χ0v) is 15.4. The first-order chi connectivity index (χ1) is 13.7. The Balaban J connectivity index is 1.76. The van der Waals surface area contributed by atoms with Gasteiger partial charge in [0.2, 0.25) is 0 Å². The monoisotopic (exact) mass is 384 g/mol. The third kappa shape index (κ3) is 2.65. The molecule has 0 saturated carbocycles. The number of nitrogens with zero attached hydrogens (tertiary/aromatic N) is 4. The molecule has 0 radical (unpaired) electrons. The summed E-state index contributed by atoms with van der Waals surface area (Å²) in [6.45, 7) is 0. The summed E-state index contributed by atoms with van der Waals surface area (Å²) in [5, 5.41) is 11.6. The predicted octanol–water partition coefficient (Wildman–Crippen LogP) is 5.51. The molecule has 0 fully saturated rings. The molecule has 134 valence electrons. The molecule has 0 atom stereocenters. The van der Waals surface area contributed by atoms with Gasteiger partial charge in [0.05, 0.1) is 29.7 Å². The van der Waals surface area contributed by atoms with Gasteiger partial charge >= 0.3 is 0 Å². The second kappa shape index (κ2) is 6.55. The Morgan fingerprint density at radius 2 is 1.93 bits per heavy atom. The van der Waals surface area contributed by atoms with Crippen molar-refractivity contribution in [2.75, 3.05) is 0 Å². The lowest BCUT2D eigenvalue weighted by atomic mass is 10.1. The Labute approximate surface area is 164 Å². The lowest BCUT2D eigenvalue weighted by molar-refractivity contribution is 0.633. The van der Waals surface area contributed by atoms with Crippen molar-refractivity contribution in [1.82, 2.24) is 14.5 Å². The van der Waals surface area contributed by atoms with Crippen LogP contribution < -0.4 is 0 Å². The molecule has 0 aliphatic carbocycles. The minimum absolute atomic E-state index is 0.284. The second-order valence-electron chi connectivity index (χ2n) is 6.43. The lowest BCUT2D eigenvalue weighted by Crippen LogP contribution is -1.95. The van der Waals surface area contributed by atoms with Crippen LogP contribution in [-0.2, 0) is 6.42 Å². The van der Waals surface area contributed by atoms with E-state index < -0.39 is 0 Å². The zero-order chi connectivity index (χ0) is 19.1. The van der Waals surface area contributed by atoms with Gasteiger partial charge in [-0.25, -0.2) is 9.37 Å². The lowest BCUT2D eigenvalue weighted by Gasteiger charge is -2.09. The molecule has 2 aromatic carbocycles. The summed E-state index contributed by atoms with van der Waals surface area (Å²) in [4.78, 5) is 9.74. The van der Waals surface area contributed by atoms with Gasteiger partial charge in [0.15, 0.2) is 0 Å². The van der Waals surface area contributed by atoms with Crippen molar-refractivity contribution < 1.29 is 4.39 Å². The van der Waals surface area contributed by atoms with Crippen molar-refractivity contribution in [1.29, 1.82) is 5.26 Å². The standard InChI is InChI=1S/C22H13FN4S/c23-18-11-19-17(10-16(18)21-2-1-9-28-21)22-20(12-25-19)26-13-27(22)15-5-3-14(4-6-15)7-8-24/h1-6,9-13H,7H2. The van der Waals surface area contributed by atoms with E-state index >= 15 is 0 Å². The number of imidazole rings is 1. The first-order valence-corrected chi connectivity index (χ1v) is 9.58. The van der Waals surface area contributed by atoms with E-state index in [1.54, 1.807) is 12.5 Å². The van der Waals surface area contributed by atoms with Crippen LogP contribution in [0.5, 0.6) is 0 Å². The van der Waals surface area contributed by atoms with E-state index in [4.69, 9.17) is 5.26 Å². The minimum Gasteiger partial charge on any atom is -0.298 e. The van der Waals surface area contributed by atoms with Gasteiger partial charge in [-0.1, -0.05) is 18.2 Å².